The highest BCUT2D eigenvalue weighted by molar-refractivity contribution is 5.91. The van der Waals surface area contributed by atoms with Crippen LogP contribution in [-0.4, -0.2) is 27.5 Å². The van der Waals surface area contributed by atoms with Crippen molar-refractivity contribution in [2.45, 2.75) is 13.8 Å². The number of nitrogen functional groups attached to an aromatic ring is 1. The summed E-state index contributed by atoms with van der Waals surface area (Å²) in [7, 11) is 0. The third kappa shape index (κ3) is 4.49. The molecule has 3 rings (SSSR count). The molecule has 0 unspecified atom stereocenters. The van der Waals surface area contributed by atoms with E-state index in [4.69, 9.17) is 10.5 Å². The van der Waals surface area contributed by atoms with Crippen LogP contribution < -0.4 is 16.4 Å². The van der Waals surface area contributed by atoms with Crippen LogP contribution in [0.1, 0.15) is 22.8 Å². The first-order valence-corrected chi connectivity index (χ1v) is 8.41. The highest BCUT2D eigenvalue weighted by Gasteiger charge is 2.11. The van der Waals surface area contributed by atoms with Crippen LogP contribution in [0, 0.1) is 6.92 Å². The van der Waals surface area contributed by atoms with E-state index in [1.165, 1.54) is 6.33 Å². The summed E-state index contributed by atoms with van der Waals surface area (Å²) in [5, 5.41) is 6.17. The quantitative estimate of drug-likeness (QED) is 0.570. The summed E-state index contributed by atoms with van der Waals surface area (Å²) in [5.41, 5.74) is 8.67. The van der Waals surface area contributed by atoms with Gasteiger partial charge in [-0.1, -0.05) is 12.1 Å². The topological polar surface area (TPSA) is 115 Å². The number of carbonyl (C=O) groups is 1. The molecule has 4 N–H and O–H groups in total. The number of carbonyl (C=O) groups excluding carboxylic acids is 1. The minimum atomic E-state index is -0.385. The van der Waals surface area contributed by atoms with Crippen molar-refractivity contribution in [2.24, 2.45) is 0 Å². The molecule has 3 aromatic rings. The zero-order valence-electron chi connectivity index (χ0n) is 15.1. The molecule has 138 valence electrons. The molecule has 0 spiro atoms. The minimum Gasteiger partial charge on any atom is -0.462 e. The monoisotopic (exact) mass is 364 g/mol. The summed E-state index contributed by atoms with van der Waals surface area (Å²) in [4.78, 5) is 24.5. The Morgan fingerprint density at radius 2 is 1.89 bits per heavy atom. The molecule has 0 saturated carbocycles. The molecule has 1 aromatic carbocycles. The highest BCUT2D eigenvalue weighted by Crippen LogP contribution is 2.27. The van der Waals surface area contributed by atoms with Crippen LogP contribution in [0.5, 0.6) is 0 Å². The SMILES string of the molecule is CCOC(=O)c1cccc(Nc2ncnc(Nc3ccc(C)cn3)c2N)c1. The lowest BCUT2D eigenvalue weighted by molar-refractivity contribution is 0.0526. The molecule has 27 heavy (non-hydrogen) atoms. The maximum Gasteiger partial charge on any atom is 0.338 e. The van der Waals surface area contributed by atoms with Gasteiger partial charge in [-0.05, 0) is 43.7 Å². The van der Waals surface area contributed by atoms with Gasteiger partial charge in [-0.3, -0.25) is 0 Å². The normalized spacial score (nSPS) is 10.3. The van der Waals surface area contributed by atoms with Crippen LogP contribution in [0.3, 0.4) is 0 Å². The molecule has 0 fully saturated rings. The average Bonchev–Trinajstić information content (AvgIpc) is 2.67. The number of pyridine rings is 1. The molecule has 0 aliphatic rings. The Balaban J connectivity index is 1.81. The Hall–Kier alpha value is -3.68. The first kappa shape index (κ1) is 18.1. The summed E-state index contributed by atoms with van der Waals surface area (Å²) >= 11 is 0. The Kier molecular flexibility index (Phi) is 5.46. The van der Waals surface area contributed by atoms with E-state index in [1.807, 2.05) is 19.1 Å². The molecular weight excluding hydrogens is 344 g/mol. The van der Waals surface area contributed by atoms with Gasteiger partial charge in [-0.2, -0.15) is 0 Å². The fourth-order valence-electron chi connectivity index (χ4n) is 2.33. The van der Waals surface area contributed by atoms with Crippen LogP contribution in [0.25, 0.3) is 0 Å². The Bertz CT molecular complexity index is 943. The third-order valence-corrected chi connectivity index (χ3v) is 3.68. The van der Waals surface area contributed by atoms with Crippen LogP contribution >= 0.6 is 0 Å². The van der Waals surface area contributed by atoms with E-state index in [9.17, 15) is 4.79 Å². The van der Waals surface area contributed by atoms with E-state index in [1.54, 1.807) is 37.4 Å². The number of hydrogen-bond acceptors (Lipinski definition) is 8. The third-order valence-electron chi connectivity index (χ3n) is 3.68. The van der Waals surface area contributed by atoms with Crippen LogP contribution in [0.2, 0.25) is 0 Å². The molecule has 0 bridgehead atoms. The van der Waals surface area contributed by atoms with Gasteiger partial charge >= 0.3 is 5.97 Å². The number of anilines is 5. The standard InChI is InChI=1S/C19H20N6O2/c1-3-27-19(26)13-5-4-6-14(9-13)24-17-16(20)18(23-11-22-17)25-15-8-7-12(2)10-21-15/h4-11H,3,20H2,1-2H3,(H2,21,22,23,24,25). The van der Waals surface area contributed by atoms with Crippen LogP contribution in [0.15, 0.2) is 48.9 Å². The van der Waals surface area contributed by atoms with Gasteiger partial charge in [0.25, 0.3) is 0 Å². The van der Waals surface area contributed by atoms with Crippen molar-refractivity contribution in [3.05, 3.63) is 60.0 Å². The molecule has 8 heteroatoms. The molecule has 0 aliphatic heterocycles. The van der Waals surface area contributed by atoms with Gasteiger partial charge in [0, 0.05) is 11.9 Å². The van der Waals surface area contributed by atoms with E-state index in [2.05, 4.69) is 25.6 Å². The van der Waals surface area contributed by atoms with Crippen molar-refractivity contribution in [3.8, 4) is 0 Å². The number of benzene rings is 1. The van der Waals surface area contributed by atoms with E-state index in [0.29, 0.717) is 41.0 Å². The lowest BCUT2D eigenvalue weighted by Crippen LogP contribution is -2.07. The number of hydrogen-bond donors (Lipinski definition) is 3. The number of nitrogens with one attached hydrogen (secondary N) is 2. The number of nitrogens with two attached hydrogens (primary N) is 1. The fraction of sp³-hybridized carbons (Fsp3) is 0.158. The van der Waals surface area contributed by atoms with Crippen LogP contribution in [-0.2, 0) is 4.74 Å². The molecular formula is C19H20N6O2. The Morgan fingerprint density at radius 1 is 1.11 bits per heavy atom. The van der Waals surface area contributed by atoms with Crippen molar-refractivity contribution in [1.29, 1.82) is 0 Å². The van der Waals surface area contributed by atoms with Gasteiger partial charge in [0.2, 0.25) is 0 Å². The maximum atomic E-state index is 11.9. The summed E-state index contributed by atoms with van der Waals surface area (Å²) < 4.78 is 5.02. The second-order valence-electron chi connectivity index (χ2n) is 5.76. The predicted octanol–water partition coefficient (Wildman–Crippen LogP) is 3.43. The van der Waals surface area contributed by atoms with Gasteiger partial charge in [0.15, 0.2) is 11.6 Å². The molecule has 0 aliphatic carbocycles. The van der Waals surface area contributed by atoms with Gasteiger partial charge < -0.3 is 21.1 Å². The largest absolute Gasteiger partial charge is 0.462 e. The van der Waals surface area contributed by atoms with E-state index in [0.717, 1.165) is 5.56 Å². The van der Waals surface area contributed by atoms with Crippen molar-refractivity contribution in [1.82, 2.24) is 15.0 Å². The number of aromatic nitrogens is 3. The zero-order valence-corrected chi connectivity index (χ0v) is 15.1. The Labute approximate surface area is 156 Å². The molecule has 8 nitrogen and oxygen atoms in total. The lowest BCUT2D eigenvalue weighted by Gasteiger charge is -2.13. The molecule has 2 aromatic heterocycles. The Morgan fingerprint density at radius 3 is 2.59 bits per heavy atom. The van der Waals surface area contributed by atoms with Gasteiger partial charge in [-0.25, -0.2) is 19.7 Å². The highest BCUT2D eigenvalue weighted by atomic mass is 16.5. The maximum absolute atomic E-state index is 11.9. The number of ether oxygens (including phenoxy) is 1. The van der Waals surface area contributed by atoms with Crippen molar-refractivity contribution in [2.75, 3.05) is 23.0 Å². The molecule has 0 saturated heterocycles. The first-order chi connectivity index (χ1) is 13.1. The predicted molar refractivity (Wildman–Crippen MR) is 104 cm³/mol. The first-order valence-electron chi connectivity index (χ1n) is 8.41. The van der Waals surface area contributed by atoms with E-state index in [-0.39, 0.29) is 5.97 Å². The van der Waals surface area contributed by atoms with Gasteiger partial charge in [0.1, 0.15) is 17.8 Å². The van der Waals surface area contributed by atoms with E-state index >= 15 is 0 Å². The molecule has 0 radical (unpaired) electrons. The zero-order chi connectivity index (χ0) is 19.2. The van der Waals surface area contributed by atoms with E-state index < -0.39 is 0 Å². The second kappa shape index (κ2) is 8.13. The summed E-state index contributed by atoms with van der Waals surface area (Å²) in [6, 6.07) is 10.7. The van der Waals surface area contributed by atoms with Gasteiger partial charge in [-0.15, -0.1) is 0 Å². The summed E-state index contributed by atoms with van der Waals surface area (Å²) in [6.45, 7) is 4.04. The average molecular weight is 364 g/mol. The minimum absolute atomic E-state index is 0.317. The second-order valence-corrected chi connectivity index (χ2v) is 5.76. The van der Waals surface area contributed by atoms with Crippen molar-refractivity contribution < 1.29 is 9.53 Å². The number of rotatable bonds is 6. The summed E-state index contributed by atoms with van der Waals surface area (Å²) in [5.74, 6) is 1.09. The smallest absolute Gasteiger partial charge is 0.338 e. The number of esters is 1. The molecule has 0 atom stereocenters. The molecule has 2 heterocycles. The number of aryl methyl sites for hydroxylation is 1. The summed E-state index contributed by atoms with van der Waals surface area (Å²) in [6.07, 6.45) is 3.14. The fourth-order valence-corrected chi connectivity index (χ4v) is 2.33. The lowest BCUT2D eigenvalue weighted by atomic mass is 10.2. The molecule has 0 amide bonds. The van der Waals surface area contributed by atoms with Crippen molar-refractivity contribution >= 4 is 34.8 Å². The van der Waals surface area contributed by atoms with Gasteiger partial charge in [0.05, 0.1) is 12.2 Å². The van der Waals surface area contributed by atoms with Crippen molar-refractivity contribution in [3.63, 3.8) is 0 Å². The number of nitrogens with zero attached hydrogens (tertiary/aromatic N) is 3. The van der Waals surface area contributed by atoms with Crippen LogP contribution in [0.4, 0.5) is 28.8 Å².